The number of ether oxygens (including phenoxy) is 2. The van der Waals surface area contributed by atoms with Crippen molar-refractivity contribution >= 4 is 23.2 Å². The molecule has 3 aromatic rings. The molecule has 164 valence electrons. The van der Waals surface area contributed by atoms with Gasteiger partial charge in [0, 0.05) is 54.7 Å². The Balaban J connectivity index is 1.42. The summed E-state index contributed by atoms with van der Waals surface area (Å²) in [6.45, 7) is 4.73. The molecule has 1 aliphatic heterocycles. The molecule has 0 N–H and O–H groups in total. The second kappa shape index (κ2) is 9.98. The molecule has 0 atom stereocenters. The number of aromatic nitrogens is 3. The standard InChI is InChI=1S/C23H24Cl2FN3O2/c1-15-22(31-9-6-19-20(24)2-3-21(26)23(19)25)10-17(11-27-15)18-12-28-29(14-18)13-16-4-7-30-8-5-16/h2-3,10-12,14,16H,4-9,13H2,1H3. The lowest BCUT2D eigenvalue weighted by Crippen LogP contribution is -2.20. The van der Waals surface area contributed by atoms with E-state index in [0.717, 1.165) is 49.4 Å². The first kappa shape index (κ1) is 22.1. The highest BCUT2D eigenvalue weighted by atomic mass is 35.5. The first-order valence-corrected chi connectivity index (χ1v) is 11.1. The van der Waals surface area contributed by atoms with Crippen LogP contribution in [0.3, 0.4) is 0 Å². The Hall–Kier alpha value is -2.15. The quantitative estimate of drug-likeness (QED) is 0.418. The second-order valence-corrected chi connectivity index (χ2v) is 8.52. The van der Waals surface area contributed by atoms with Crippen molar-refractivity contribution in [1.29, 1.82) is 0 Å². The molecule has 1 aliphatic rings. The van der Waals surface area contributed by atoms with Crippen LogP contribution in [0.4, 0.5) is 4.39 Å². The van der Waals surface area contributed by atoms with E-state index in [2.05, 4.69) is 10.1 Å². The topological polar surface area (TPSA) is 49.2 Å². The molecule has 8 heteroatoms. The van der Waals surface area contributed by atoms with E-state index >= 15 is 0 Å². The molecule has 1 fully saturated rings. The highest BCUT2D eigenvalue weighted by Gasteiger charge is 2.16. The Bertz CT molecular complexity index is 1050. The van der Waals surface area contributed by atoms with Crippen LogP contribution in [0.15, 0.2) is 36.8 Å². The number of nitrogens with zero attached hydrogens (tertiary/aromatic N) is 3. The zero-order valence-corrected chi connectivity index (χ0v) is 18.8. The number of pyridine rings is 1. The lowest BCUT2D eigenvalue weighted by molar-refractivity contribution is 0.0601. The van der Waals surface area contributed by atoms with Crippen molar-refractivity contribution in [3.63, 3.8) is 0 Å². The van der Waals surface area contributed by atoms with Crippen LogP contribution in [-0.4, -0.2) is 34.6 Å². The summed E-state index contributed by atoms with van der Waals surface area (Å²) in [7, 11) is 0. The molecule has 4 rings (SSSR count). The number of hydrogen-bond acceptors (Lipinski definition) is 4. The Kier molecular flexibility index (Phi) is 7.10. The van der Waals surface area contributed by atoms with Crippen LogP contribution >= 0.6 is 23.2 Å². The second-order valence-electron chi connectivity index (χ2n) is 7.73. The van der Waals surface area contributed by atoms with Crippen molar-refractivity contribution in [3.05, 3.63) is 63.9 Å². The fraction of sp³-hybridized carbons (Fsp3) is 0.391. The molecule has 3 heterocycles. The fourth-order valence-corrected chi connectivity index (χ4v) is 4.24. The first-order chi connectivity index (χ1) is 15.0. The Morgan fingerprint density at radius 3 is 2.81 bits per heavy atom. The van der Waals surface area contributed by atoms with Gasteiger partial charge in [-0.15, -0.1) is 0 Å². The maximum absolute atomic E-state index is 13.7. The molecule has 0 spiro atoms. The zero-order valence-electron chi connectivity index (χ0n) is 17.3. The smallest absolute Gasteiger partial charge is 0.142 e. The van der Waals surface area contributed by atoms with Crippen molar-refractivity contribution in [2.45, 2.75) is 32.7 Å². The summed E-state index contributed by atoms with van der Waals surface area (Å²) < 4.78 is 27.1. The van der Waals surface area contributed by atoms with Gasteiger partial charge in [-0.05, 0) is 49.4 Å². The predicted molar refractivity (Wildman–Crippen MR) is 119 cm³/mol. The Labute approximate surface area is 191 Å². The van der Waals surface area contributed by atoms with Gasteiger partial charge in [0.2, 0.25) is 0 Å². The third-order valence-corrected chi connectivity index (χ3v) is 6.30. The van der Waals surface area contributed by atoms with Gasteiger partial charge in [-0.1, -0.05) is 23.2 Å². The molecule has 31 heavy (non-hydrogen) atoms. The predicted octanol–water partition coefficient (Wildman–Crippen LogP) is 5.75. The molecule has 0 aliphatic carbocycles. The molecule has 2 aromatic heterocycles. The van der Waals surface area contributed by atoms with Crippen molar-refractivity contribution < 1.29 is 13.9 Å². The van der Waals surface area contributed by atoms with Crippen LogP contribution in [-0.2, 0) is 17.7 Å². The highest BCUT2D eigenvalue weighted by Crippen LogP contribution is 2.29. The van der Waals surface area contributed by atoms with E-state index < -0.39 is 5.82 Å². The average Bonchev–Trinajstić information content (AvgIpc) is 3.23. The minimum atomic E-state index is -0.487. The molecule has 0 unspecified atom stereocenters. The zero-order chi connectivity index (χ0) is 21.8. The van der Waals surface area contributed by atoms with E-state index in [-0.39, 0.29) is 5.02 Å². The summed E-state index contributed by atoms with van der Waals surface area (Å²) in [5.74, 6) is 0.773. The summed E-state index contributed by atoms with van der Waals surface area (Å²) in [6.07, 6.45) is 8.23. The summed E-state index contributed by atoms with van der Waals surface area (Å²) in [4.78, 5) is 4.46. The van der Waals surface area contributed by atoms with Gasteiger partial charge < -0.3 is 9.47 Å². The number of benzene rings is 1. The van der Waals surface area contributed by atoms with Crippen LogP contribution in [0, 0.1) is 18.7 Å². The van der Waals surface area contributed by atoms with Gasteiger partial charge in [0.25, 0.3) is 0 Å². The SMILES string of the molecule is Cc1ncc(-c2cnn(CC3CCOCC3)c2)cc1OCCc1c(Cl)ccc(F)c1Cl. The molecule has 0 radical (unpaired) electrons. The van der Waals surface area contributed by atoms with Crippen molar-refractivity contribution in [2.24, 2.45) is 5.92 Å². The molecule has 0 saturated carbocycles. The molecule has 0 bridgehead atoms. The summed E-state index contributed by atoms with van der Waals surface area (Å²) in [5.41, 5.74) is 3.23. The van der Waals surface area contributed by atoms with Crippen LogP contribution in [0.1, 0.15) is 24.1 Å². The normalized spacial score (nSPS) is 14.7. The summed E-state index contributed by atoms with van der Waals surface area (Å²) >= 11 is 12.2. The van der Waals surface area contributed by atoms with E-state index in [0.29, 0.717) is 35.3 Å². The molecule has 5 nitrogen and oxygen atoms in total. The first-order valence-electron chi connectivity index (χ1n) is 10.3. The minimum Gasteiger partial charge on any atom is -0.491 e. The maximum Gasteiger partial charge on any atom is 0.142 e. The van der Waals surface area contributed by atoms with Crippen LogP contribution in [0.5, 0.6) is 5.75 Å². The van der Waals surface area contributed by atoms with Gasteiger partial charge in [0.05, 0.1) is 23.5 Å². The van der Waals surface area contributed by atoms with Gasteiger partial charge >= 0.3 is 0 Å². The van der Waals surface area contributed by atoms with Crippen LogP contribution < -0.4 is 4.74 Å². The van der Waals surface area contributed by atoms with Crippen molar-refractivity contribution in [3.8, 4) is 16.9 Å². The summed E-state index contributed by atoms with van der Waals surface area (Å²) in [6, 6.07) is 4.71. The van der Waals surface area contributed by atoms with Crippen molar-refractivity contribution in [1.82, 2.24) is 14.8 Å². The number of halogens is 3. The van der Waals surface area contributed by atoms with Crippen molar-refractivity contribution in [2.75, 3.05) is 19.8 Å². The van der Waals surface area contributed by atoms with E-state index in [1.807, 2.05) is 36.3 Å². The molecule has 1 saturated heterocycles. The van der Waals surface area contributed by atoms with E-state index in [4.69, 9.17) is 32.7 Å². The van der Waals surface area contributed by atoms with E-state index in [1.165, 1.54) is 12.1 Å². The highest BCUT2D eigenvalue weighted by molar-refractivity contribution is 6.36. The number of rotatable bonds is 7. The maximum atomic E-state index is 13.7. The van der Waals surface area contributed by atoms with Gasteiger partial charge in [-0.3, -0.25) is 9.67 Å². The lowest BCUT2D eigenvalue weighted by atomic mass is 10.0. The Morgan fingerprint density at radius 2 is 2.00 bits per heavy atom. The third kappa shape index (κ3) is 5.37. The number of aryl methyl sites for hydroxylation is 1. The molecule has 1 aromatic carbocycles. The monoisotopic (exact) mass is 463 g/mol. The molecular formula is C23H24Cl2FN3O2. The lowest BCUT2D eigenvalue weighted by Gasteiger charge is -2.21. The largest absolute Gasteiger partial charge is 0.491 e. The van der Waals surface area contributed by atoms with Gasteiger partial charge in [-0.25, -0.2) is 4.39 Å². The van der Waals surface area contributed by atoms with E-state index in [1.54, 1.807) is 0 Å². The molecular weight excluding hydrogens is 440 g/mol. The third-order valence-electron chi connectivity index (χ3n) is 5.54. The molecule has 0 amide bonds. The Morgan fingerprint density at radius 1 is 1.19 bits per heavy atom. The van der Waals surface area contributed by atoms with Crippen LogP contribution in [0.2, 0.25) is 10.0 Å². The minimum absolute atomic E-state index is 0.0386. The van der Waals surface area contributed by atoms with Crippen LogP contribution in [0.25, 0.3) is 11.1 Å². The van der Waals surface area contributed by atoms with Gasteiger partial charge in [0.1, 0.15) is 11.6 Å². The number of hydrogen-bond donors (Lipinski definition) is 0. The average molecular weight is 464 g/mol. The van der Waals surface area contributed by atoms with E-state index in [9.17, 15) is 4.39 Å². The summed E-state index contributed by atoms with van der Waals surface area (Å²) in [5, 5.41) is 4.98. The fourth-order valence-electron chi connectivity index (χ4n) is 3.68. The van der Waals surface area contributed by atoms with Gasteiger partial charge in [0.15, 0.2) is 0 Å². The van der Waals surface area contributed by atoms with Gasteiger partial charge in [-0.2, -0.15) is 5.10 Å².